The quantitative estimate of drug-likeness (QED) is 0.132. The van der Waals surface area contributed by atoms with Crippen LogP contribution in [0.25, 0.3) is 172 Å². The summed E-state index contributed by atoms with van der Waals surface area (Å²) in [5, 5.41) is 6.40. The van der Waals surface area contributed by atoms with E-state index in [0.717, 1.165) is 195 Å². The maximum absolute atomic E-state index is 7.15. The monoisotopic (exact) mass is 1590 g/mol. The lowest BCUT2D eigenvalue weighted by Crippen LogP contribution is -2.32. The molecule has 9 heteroatoms. The predicted octanol–water partition coefficient (Wildman–Crippen LogP) is 28.6. The zero-order valence-electron chi connectivity index (χ0n) is 67.4. The number of hydrogen-bond acceptors (Lipinski definition) is 8. The van der Waals surface area contributed by atoms with Crippen molar-refractivity contribution in [2.45, 2.75) is 10.8 Å². The fourth-order valence-corrected chi connectivity index (χ4v) is 20.5. The Balaban J connectivity index is 0.000000137. The van der Waals surface area contributed by atoms with Crippen LogP contribution >= 0.6 is 0 Å². The summed E-state index contributed by atoms with van der Waals surface area (Å²) in [5.41, 5.74) is 33.6. The molecule has 125 heavy (non-hydrogen) atoms. The van der Waals surface area contributed by atoms with E-state index in [2.05, 4.69) is 385 Å². The third-order valence-electron chi connectivity index (χ3n) is 26.0. The Kier molecular flexibility index (Phi) is 16.3. The van der Waals surface area contributed by atoms with Gasteiger partial charge in [-0.15, -0.1) is 0 Å². The normalized spacial score (nSPS) is 13.1. The van der Waals surface area contributed by atoms with Gasteiger partial charge in [-0.25, -0.2) is 19.9 Å². The number of pyridine rings is 5. The molecule has 0 bridgehead atoms. The molecule has 2 aliphatic carbocycles. The number of hydrogen-bond donors (Lipinski definition) is 0. The molecule has 16 aromatic carbocycles. The van der Waals surface area contributed by atoms with E-state index in [0.29, 0.717) is 0 Å². The smallest absolute Gasteiger partial charge is 0.145 e. The zero-order valence-corrected chi connectivity index (χ0v) is 67.4. The molecule has 0 unspecified atom stereocenters. The minimum absolute atomic E-state index is 0.540. The van der Waals surface area contributed by atoms with E-state index in [1.165, 1.54) is 44.5 Å². The van der Waals surface area contributed by atoms with Crippen LogP contribution in [0.3, 0.4) is 0 Å². The van der Waals surface area contributed by atoms with Crippen molar-refractivity contribution >= 4 is 54.4 Å². The molecule has 0 radical (unpaired) electrons. The Bertz CT molecular complexity index is 7990. The number of benzene rings is 16. The maximum atomic E-state index is 7.15. The number of para-hydroxylation sites is 7. The van der Waals surface area contributed by atoms with Gasteiger partial charge in [0, 0.05) is 89.3 Å². The average molecular weight is 1590 g/mol. The van der Waals surface area contributed by atoms with Gasteiger partial charge in [-0.3, -0.25) is 14.5 Å². The number of nitrogens with zero attached hydrogens (tertiary/aromatic N) is 7. The summed E-state index contributed by atoms with van der Waals surface area (Å²) in [5.74, 6) is 4.44. The largest absolute Gasteiger partial charge is 0.456 e. The molecule has 0 N–H and O–H groups in total. The topological polar surface area (TPSA) is 101 Å². The molecule has 2 spiro atoms. The highest BCUT2D eigenvalue weighted by molar-refractivity contribution is 6.17. The van der Waals surface area contributed by atoms with Crippen molar-refractivity contribution in [3.63, 3.8) is 0 Å². The van der Waals surface area contributed by atoms with Crippen molar-refractivity contribution in [1.29, 1.82) is 0 Å². The first-order chi connectivity index (χ1) is 62.0. The van der Waals surface area contributed by atoms with Crippen LogP contribution in [0.1, 0.15) is 44.5 Å². The van der Waals surface area contributed by atoms with Gasteiger partial charge in [0.15, 0.2) is 0 Å². The highest BCUT2D eigenvalue weighted by atomic mass is 16.5. The number of ether oxygens (including phenoxy) is 2. The lowest BCUT2D eigenvalue weighted by Gasteiger charge is -2.40. The fourth-order valence-electron chi connectivity index (χ4n) is 20.5. The summed E-state index contributed by atoms with van der Waals surface area (Å²) in [7, 11) is 0. The van der Waals surface area contributed by atoms with Gasteiger partial charge in [0.05, 0.1) is 67.1 Å². The summed E-state index contributed by atoms with van der Waals surface area (Å²) in [6.07, 6.45) is 3.60. The average Bonchev–Trinajstić information content (AvgIpc) is 1.57. The molecule has 0 saturated carbocycles. The van der Waals surface area contributed by atoms with Gasteiger partial charge in [-0.05, 0) is 163 Å². The lowest BCUT2D eigenvalue weighted by atomic mass is 9.65. The van der Waals surface area contributed by atoms with E-state index < -0.39 is 10.8 Å². The third-order valence-corrected chi connectivity index (χ3v) is 26.0. The second-order valence-electron chi connectivity index (χ2n) is 32.5. The van der Waals surface area contributed by atoms with Crippen LogP contribution in [-0.2, 0) is 10.8 Å². The molecule has 26 rings (SSSR count). The second kappa shape index (κ2) is 28.5. The van der Waals surface area contributed by atoms with Crippen LogP contribution in [0, 0.1) is 0 Å². The van der Waals surface area contributed by atoms with Crippen LogP contribution in [0.4, 0.5) is 0 Å². The number of fused-ring (bicyclic) bond motifs is 27. The van der Waals surface area contributed by atoms with Crippen LogP contribution in [0.5, 0.6) is 23.0 Å². The molecular weight excluding hydrogens is 1520 g/mol. The van der Waals surface area contributed by atoms with Gasteiger partial charge >= 0.3 is 0 Å². The zero-order chi connectivity index (χ0) is 82.3. The molecule has 9 nitrogen and oxygen atoms in total. The Morgan fingerprint density at radius 3 is 1.01 bits per heavy atom. The number of aromatic nitrogens is 7. The van der Waals surface area contributed by atoms with Gasteiger partial charge in [0.25, 0.3) is 0 Å². The first kappa shape index (κ1) is 71.3. The molecule has 22 aromatic rings. The van der Waals surface area contributed by atoms with Crippen molar-refractivity contribution in [3.8, 4) is 141 Å². The summed E-state index contributed by atoms with van der Waals surface area (Å²) >= 11 is 0. The lowest BCUT2D eigenvalue weighted by molar-refractivity contribution is 0.442. The minimum Gasteiger partial charge on any atom is -0.456 e. The fraction of sp³-hybridized carbons (Fsp3) is 0.0172. The van der Waals surface area contributed by atoms with E-state index >= 15 is 0 Å². The molecule has 8 heterocycles. The molecule has 4 aliphatic rings. The Labute approximate surface area is 720 Å². The maximum Gasteiger partial charge on any atom is 0.145 e. The highest BCUT2D eigenvalue weighted by Gasteiger charge is 2.53. The second-order valence-corrected chi connectivity index (χ2v) is 32.5. The van der Waals surface area contributed by atoms with Crippen molar-refractivity contribution in [2.24, 2.45) is 0 Å². The van der Waals surface area contributed by atoms with Crippen molar-refractivity contribution in [2.75, 3.05) is 0 Å². The van der Waals surface area contributed by atoms with E-state index in [1.54, 1.807) is 12.4 Å². The highest BCUT2D eigenvalue weighted by Crippen LogP contribution is 2.66. The first-order valence-corrected chi connectivity index (χ1v) is 42.4. The SMILES string of the molecule is c1ccc(-c2cc(-c3ccc(-c4ccc(-c5nc6ccccc6c6c7c(ccc56)C5(c6ccccc6O7)c6ccccc6-c6ccccc65)cc4)cc3)cc(-c3ccccn3)n2)nc1.c1ccc(-n2c(-c3ccc(-c4ccc(-c5nc6ccccc6c6c7c(ccc56)C5(c6ccccc6O7)c6ccccc6-c6ccccc65)cc4)cc3)nc3ccccc32)cc1. The van der Waals surface area contributed by atoms with Crippen molar-refractivity contribution in [3.05, 3.63) is 475 Å². The Morgan fingerprint density at radius 2 is 0.576 bits per heavy atom. The van der Waals surface area contributed by atoms with Crippen molar-refractivity contribution in [1.82, 2.24) is 34.5 Å². The molecule has 6 aromatic heterocycles. The summed E-state index contributed by atoms with van der Waals surface area (Å²) in [4.78, 5) is 30.0. The Hall–Kier alpha value is -16.6. The summed E-state index contributed by atoms with van der Waals surface area (Å²) in [6.45, 7) is 0. The molecule has 0 saturated heterocycles. The molecule has 0 fully saturated rings. The van der Waals surface area contributed by atoms with Crippen LogP contribution < -0.4 is 9.47 Å². The van der Waals surface area contributed by atoms with Crippen LogP contribution in [0.15, 0.2) is 431 Å². The van der Waals surface area contributed by atoms with E-state index in [1.807, 2.05) is 48.5 Å². The standard InChI is InChI=1S/C59H36N4O.C57H35N3O/c1-4-16-46-42(13-1)43-14-2-5-17-47(43)59(46)48-18-6-8-22-55(48)64-58-49(59)32-31-45-56(58)44-15-3-7-19-50(44)63-57(45)40-29-27-38(28-30-40)37-23-25-39(26-24-37)41-35-53(51-20-9-11-33-60-51)62-54(36-41)52-21-10-12-34-61-52;1-2-14-40(15-3-1)60-51-24-12-11-23-50(51)59-56(60)39-32-28-37(29-33-39)36-26-30-38(31-27-36)54-44-34-35-48-55(53(44)43-18-6-10-22-49(43)58-54)61-52-25-13-9-21-47(52)57(48)45-19-7-4-16-41(45)42-17-5-8-20-46(42)57/h1-36H;1-35H. The summed E-state index contributed by atoms with van der Waals surface area (Å²) in [6, 6.07) is 149. The van der Waals surface area contributed by atoms with Gasteiger partial charge in [0.2, 0.25) is 0 Å². The summed E-state index contributed by atoms with van der Waals surface area (Å²) < 4.78 is 16.5. The third kappa shape index (κ3) is 11.1. The van der Waals surface area contributed by atoms with Crippen LogP contribution in [-0.4, -0.2) is 34.5 Å². The van der Waals surface area contributed by atoms with Gasteiger partial charge in [0.1, 0.15) is 28.8 Å². The minimum atomic E-state index is -0.548. The van der Waals surface area contributed by atoms with Gasteiger partial charge in [-0.1, -0.05) is 334 Å². The van der Waals surface area contributed by atoms with Crippen molar-refractivity contribution < 1.29 is 9.47 Å². The number of rotatable bonds is 9. The van der Waals surface area contributed by atoms with E-state index in [-0.39, 0.29) is 0 Å². The predicted molar refractivity (Wildman–Crippen MR) is 505 cm³/mol. The molecule has 582 valence electrons. The van der Waals surface area contributed by atoms with Crippen LogP contribution in [0.2, 0.25) is 0 Å². The molecular formula is C116H71N7O2. The van der Waals surface area contributed by atoms with E-state index in [4.69, 9.17) is 29.4 Å². The molecule has 0 amide bonds. The first-order valence-electron chi connectivity index (χ1n) is 42.4. The number of imidazole rings is 1. The molecule has 0 atom stereocenters. The van der Waals surface area contributed by atoms with E-state index in [9.17, 15) is 0 Å². The Morgan fingerprint density at radius 1 is 0.224 bits per heavy atom. The van der Waals surface area contributed by atoms with Gasteiger partial charge in [-0.2, -0.15) is 0 Å². The molecule has 2 aliphatic heterocycles. The van der Waals surface area contributed by atoms with Gasteiger partial charge < -0.3 is 9.47 Å².